The van der Waals surface area contributed by atoms with Crippen molar-refractivity contribution in [1.29, 1.82) is 0 Å². The van der Waals surface area contributed by atoms with Crippen molar-refractivity contribution in [2.45, 2.75) is 46.1 Å². The van der Waals surface area contributed by atoms with Gasteiger partial charge in [0.2, 0.25) is 0 Å². The first kappa shape index (κ1) is 19.5. The van der Waals surface area contributed by atoms with Gasteiger partial charge >= 0.3 is 5.97 Å². The Bertz CT molecular complexity index is 759. The maximum absolute atomic E-state index is 12.0. The van der Waals surface area contributed by atoms with E-state index in [1.54, 1.807) is 19.9 Å². The molecule has 1 aromatic heterocycles. The number of hydrogen-bond donors (Lipinski definition) is 1. The monoisotopic (exact) mass is 360 g/mol. The van der Waals surface area contributed by atoms with Crippen molar-refractivity contribution in [2.24, 2.45) is 0 Å². The van der Waals surface area contributed by atoms with Crippen LogP contribution in [-0.2, 0) is 19.7 Å². The number of nitrogens with one attached hydrogen (secondary N) is 1. The van der Waals surface area contributed by atoms with Crippen molar-refractivity contribution in [1.82, 2.24) is 5.16 Å². The molecule has 0 aliphatic heterocycles. The summed E-state index contributed by atoms with van der Waals surface area (Å²) in [4.78, 5) is 23.7. The number of amides is 1. The van der Waals surface area contributed by atoms with Crippen molar-refractivity contribution in [2.75, 3.05) is 11.9 Å². The fourth-order valence-corrected chi connectivity index (χ4v) is 2.14. The quantitative estimate of drug-likeness (QED) is 0.796. The van der Waals surface area contributed by atoms with Crippen LogP contribution in [-0.4, -0.2) is 29.7 Å². The lowest BCUT2D eigenvalue weighted by atomic mass is 9.87. The highest BCUT2D eigenvalue weighted by Crippen LogP contribution is 2.24. The summed E-state index contributed by atoms with van der Waals surface area (Å²) in [5.41, 5.74) is 1.21. The summed E-state index contributed by atoms with van der Waals surface area (Å²) < 4.78 is 15.4. The van der Waals surface area contributed by atoms with Gasteiger partial charge < -0.3 is 19.3 Å². The molecule has 0 radical (unpaired) electrons. The predicted octanol–water partition coefficient (Wildman–Crippen LogP) is 3.23. The molecule has 26 heavy (non-hydrogen) atoms. The van der Waals surface area contributed by atoms with E-state index in [9.17, 15) is 9.59 Å². The predicted molar refractivity (Wildman–Crippen MR) is 96.1 cm³/mol. The normalized spacial score (nSPS) is 12.3. The number of ether oxygens (including phenoxy) is 2. The number of hydrogen-bond acceptors (Lipinski definition) is 6. The number of rotatable bonds is 6. The lowest BCUT2D eigenvalue weighted by molar-refractivity contribution is -0.153. The van der Waals surface area contributed by atoms with Gasteiger partial charge in [-0.25, -0.2) is 4.79 Å². The van der Waals surface area contributed by atoms with E-state index >= 15 is 0 Å². The van der Waals surface area contributed by atoms with Gasteiger partial charge in [0, 0.05) is 6.07 Å². The second-order valence-corrected chi connectivity index (χ2v) is 7.01. The van der Waals surface area contributed by atoms with Gasteiger partial charge in [-0.05, 0) is 37.0 Å². The summed E-state index contributed by atoms with van der Waals surface area (Å²) in [6, 6.07) is 9.10. The Balaban J connectivity index is 1.80. The van der Waals surface area contributed by atoms with Crippen LogP contribution in [0.25, 0.3) is 0 Å². The Kier molecular flexibility index (Phi) is 6.02. The molecular weight excluding hydrogens is 336 g/mol. The molecule has 1 atom stereocenters. The lowest BCUT2D eigenvalue weighted by Gasteiger charge is -2.20. The summed E-state index contributed by atoms with van der Waals surface area (Å²) in [5.74, 6) is 0.262. The third-order valence-electron chi connectivity index (χ3n) is 3.61. The largest absolute Gasteiger partial charge is 0.479 e. The number of benzene rings is 1. The van der Waals surface area contributed by atoms with Gasteiger partial charge in [-0.15, -0.1) is 0 Å². The number of aromatic nitrogens is 1. The molecule has 2 rings (SSSR count). The molecule has 1 aromatic carbocycles. The lowest BCUT2D eigenvalue weighted by Crippen LogP contribution is -2.29. The first-order valence-corrected chi connectivity index (χ1v) is 8.32. The van der Waals surface area contributed by atoms with Gasteiger partial charge in [-0.3, -0.25) is 4.79 Å². The molecule has 140 valence electrons. The number of carbonyl (C=O) groups is 2. The Labute approximate surface area is 152 Å². The number of anilines is 1. The van der Waals surface area contributed by atoms with E-state index in [2.05, 4.69) is 31.2 Å². The first-order chi connectivity index (χ1) is 12.1. The molecule has 0 bridgehead atoms. The minimum Gasteiger partial charge on any atom is -0.479 e. The molecule has 1 N–H and O–H groups in total. The van der Waals surface area contributed by atoms with Crippen LogP contribution in [0, 0.1) is 6.92 Å². The Morgan fingerprint density at radius 3 is 2.42 bits per heavy atom. The number of esters is 1. The zero-order chi connectivity index (χ0) is 19.3. The molecule has 2 aromatic rings. The third kappa shape index (κ3) is 5.61. The van der Waals surface area contributed by atoms with Gasteiger partial charge in [0.05, 0.1) is 0 Å². The van der Waals surface area contributed by atoms with Crippen LogP contribution in [0.15, 0.2) is 34.9 Å². The number of carbonyl (C=O) groups excluding carboxylic acids is 2. The van der Waals surface area contributed by atoms with E-state index in [0.29, 0.717) is 11.5 Å². The molecule has 0 aliphatic rings. The minimum absolute atomic E-state index is 0.0405. The van der Waals surface area contributed by atoms with Crippen LogP contribution in [0.4, 0.5) is 5.82 Å². The van der Waals surface area contributed by atoms with Crippen LogP contribution in [0.3, 0.4) is 0 Å². The highest BCUT2D eigenvalue weighted by molar-refractivity contribution is 5.92. The van der Waals surface area contributed by atoms with Crippen LogP contribution in [0.5, 0.6) is 5.75 Å². The number of aryl methyl sites for hydroxylation is 1. The van der Waals surface area contributed by atoms with Crippen molar-refractivity contribution in [3.63, 3.8) is 0 Å². The topological polar surface area (TPSA) is 90.7 Å². The molecule has 1 amide bonds. The standard InChI is InChI=1S/C19H24N2O5/c1-12-10-16(21-26-12)20-17(22)11-24-18(23)13(2)25-15-8-6-14(7-9-15)19(3,4)5/h6-10,13H,11H2,1-5H3,(H,20,21,22)/t13-/m0/s1. The average Bonchev–Trinajstić information content (AvgIpc) is 2.97. The van der Waals surface area contributed by atoms with Crippen LogP contribution in [0.1, 0.15) is 39.0 Å². The molecule has 7 heteroatoms. The highest BCUT2D eigenvalue weighted by atomic mass is 16.6. The summed E-state index contributed by atoms with van der Waals surface area (Å²) in [6.07, 6.45) is -0.836. The fourth-order valence-electron chi connectivity index (χ4n) is 2.14. The summed E-state index contributed by atoms with van der Waals surface area (Å²) in [6.45, 7) is 9.20. The molecule has 0 unspecified atom stereocenters. The molecule has 0 fully saturated rings. The Hall–Kier alpha value is -2.83. The smallest absolute Gasteiger partial charge is 0.347 e. The summed E-state index contributed by atoms with van der Waals surface area (Å²) in [5, 5.41) is 6.09. The van der Waals surface area contributed by atoms with Gasteiger partial charge in [0.1, 0.15) is 11.5 Å². The van der Waals surface area contributed by atoms with Crippen LogP contribution >= 0.6 is 0 Å². The van der Waals surface area contributed by atoms with E-state index < -0.39 is 24.6 Å². The number of nitrogens with zero attached hydrogens (tertiary/aromatic N) is 1. The first-order valence-electron chi connectivity index (χ1n) is 8.32. The van der Waals surface area contributed by atoms with Crippen molar-refractivity contribution < 1.29 is 23.6 Å². The molecule has 1 heterocycles. The van der Waals surface area contributed by atoms with E-state index in [1.165, 1.54) is 5.56 Å². The molecule has 7 nitrogen and oxygen atoms in total. The van der Waals surface area contributed by atoms with E-state index in [1.807, 2.05) is 24.3 Å². The molecular formula is C19H24N2O5. The maximum Gasteiger partial charge on any atom is 0.347 e. The van der Waals surface area contributed by atoms with Crippen LogP contribution < -0.4 is 10.1 Å². The van der Waals surface area contributed by atoms with E-state index in [4.69, 9.17) is 14.0 Å². The van der Waals surface area contributed by atoms with Crippen molar-refractivity contribution >= 4 is 17.7 Å². The molecule has 0 saturated heterocycles. The Morgan fingerprint density at radius 2 is 1.88 bits per heavy atom. The second-order valence-electron chi connectivity index (χ2n) is 7.01. The fraction of sp³-hybridized carbons (Fsp3) is 0.421. The van der Waals surface area contributed by atoms with Gasteiger partial charge in [0.15, 0.2) is 18.5 Å². The van der Waals surface area contributed by atoms with Gasteiger partial charge in [-0.1, -0.05) is 38.1 Å². The van der Waals surface area contributed by atoms with Gasteiger partial charge in [-0.2, -0.15) is 0 Å². The molecule has 0 aliphatic carbocycles. The molecule has 0 spiro atoms. The van der Waals surface area contributed by atoms with Gasteiger partial charge in [0.25, 0.3) is 5.91 Å². The SMILES string of the molecule is Cc1cc(NC(=O)COC(=O)[C@H](C)Oc2ccc(C(C)(C)C)cc2)no1. The van der Waals surface area contributed by atoms with E-state index in [0.717, 1.165) is 0 Å². The zero-order valence-corrected chi connectivity index (χ0v) is 15.7. The molecule has 0 saturated carbocycles. The zero-order valence-electron chi connectivity index (χ0n) is 15.7. The maximum atomic E-state index is 12.0. The average molecular weight is 360 g/mol. The Morgan fingerprint density at radius 1 is 1.23 bits per heavy atom. The van der Waals surface area contributed by atoms with Crippen LogP contribution in [0.2, 0.25) is 0 Å². The van der Waals surface area contributed by atoms with Crippen molar-refractivity contribution in [3.05, 3.63) is 41.7 Å². The minimum atomic E-state index is -0.836. The van der Waals surface area contributed by atoms with E-state index in [-0.39, 0.29) is 11.2 Å². The summed E-state index contributed by atoms with van der Waals surface area (Å²) >= 11 is 0. The highest BCUT2D eigenvalue weighted by Gasteiger charge is 2.19. The third-order valence-corrected chi connectivity index (χ3v) is 3.61. The summed E-state index contributed by atoms with van der Waals surface area (Å²) in [7, 11) is 0. The van der Waals surface area contributed by atoms with Crippen molar-refractivity contribution in [3.8, 4) is 5.75 Å². The second kappa shape index (κ2) is 8.03.